The Morgan fingerprint density at radius 1 is 0.577 bits per heavy atom. The summed E-state index contributed by atoms with van der Waals surface area (Å²) in [6.45, 7) is 0. The molecule has 2 heterocycles. The zero-order valence-corrected chi connectivity index (χ0v) is 15.9. The van der Waals surface area contributed by atoms with E-state index in [0.717, 1.165) is 22.5 Å². The van der Waals surface area contributed by atoms with E-state index in [1.807, 2.05) is 85.1 Å². The second-order valence-corrected chi connectivity index (χ2v) is 5.07. The maximum absolute atomic E-state index is 4.25. The van der Waals surface area contributed by atoms with E-state index in [9.17, 15) is 0 Å². The van der Waals surface area contributed by atoms with Crippen LogP contribution in [0, 0.1) is 6.07 Å². The van der Waals surface area contributed by atoms with Gasteiger partial charge in [0.1, 0.15) is 0 Å². The van der Waals surface area contributed by atoms with Crippen molar-refractivity contribution in [3.8, 4) is 22.5 Å². The van der Waals surface area contributed by atoms with Crippen LogP contribution in [-0.4, -0.2) is 9.97 Å². The standard InChI is InChI=1S/C11H9N.C11H8N.CH4.Ir/c2*1-2-6-10(7-3-1)11-8-4-5-9-12-11;;/h1-9H;1-6,8-9H;1H4;/q;-1;;. The molecule has 4 aromatic rings. The molecule has 2 aromatic carbocycles. The summed E-state index contributed by atoms with van der Waals surface area (Å²) in [7, 11) is 0. The number of hydrogen-bond donors (Lipinski definition) is 0. The Morgan fingerprint density at radius 3 is 1.69 bits per heavy atom. The van der Waals surface area contributed by atoms with Crippen molar-refractivity contribution in [1.82, 2.24) is 9.97 Å². The van der Waals surface area contributed by atoms with E-state index < -0.39 is 0 Å². The third-order valence-corrected chi connectivity index (χ3v) is 3.38. The van der Waals surface area contributed by atoms with E-state index in [4.69, 9.17) is 0 Å². The zero-order chi connectivity index (χ0) is 16.5. The van der Waals surface area contributed by atoms with Gasteiger partial charge < -0.3 is 4.98 Å². The molecule has 0 unspecified atom stereocenters. The minimum Gasteiger partial charge on any atom is -0.305 e. The molecule has 0 aliphatic rings. The van der Waals surface area contributed by atoms with E-state index in [2.05, 4.69) is 28.2 Å². The molecule has 0 aliphatic carbocycles. The first-order chi connectivity index (χ1) is 11.9. The molecular weight excluding hydrogens is 496 g/mol. The Labute approximate surface area is 169 Å². The second-order valence-electron chi connectivity index (χ2n) is 5.07. The normalized spacial score (nSPS) is 8.92. The number of aromatic nitrogens is 2. The smallest absolute Gasteiger partial charge is 0.0701 e. The first-order valence-electron chi connectivity index (χ1n) is 7.78. The van der Waals surface area contributed by atoms with Crippen molar-refractivity contribution in [2.24, 2.45) is 0 Å². The number of pyridine rings is 2. The van der Waals surface area contributed by atoms with Gasteiger partial charge in [0.2, 0.25) is 0 Å². The van der Waals surface area contributed by atoms with Crippen molar-refractivity contribution in [3.05, 3.63) is 109 Å². The van der Waals surface area contributed by atoms with Crippen LogP contribution in [-0.2, 0) is 20.1 Å². The van der Waals surface area contributed by atoms with Gasteiger partial charge in [-0.25, -0.2) is 0 Å². The van der Waals surface area contributed by atoms with Crippen molar-refractivity contribution in [2.45, 2.75) is 7.43 Å². The Hall–Kier alpha value is -2.61. The van der Waals surface area contributed by atoms with E-state index in [0.29, 0.717) is 0 Å². The molecule has 0 atom stereocenters. The summed E-state index contributed by atoms with van der Waals surface area (Å²) in [6.07, 6.45) is 3.60. The van der Waals surface area contributed by atoms with Crippen molar-refractivity contribution in [3.63, 3.8) is 0 Å². The SMILES string of the molecule is C.[Ir].[c-]1ccccc1-c1ccccn1.c1ccc(-c2ccccn2)cc1. The van der Waals surface area contributed by atoms with Gasteiger partial charge in [0.25, 0.3) is 0 Å². The summed E-state index contributed by atoms with van der Waals surface area (Å²) in [5.74, 6) is 0. The molecule has 133 valence electrons. The monoisotopic (exact) mass is 518 g/mol. The third-order valence-electron chi connectivity index (χ3n) is 3.38. The second kappa shape index (κ2) is 11.9. The summed E-state index contributed by atoms with van der Waals surface area (Å²) in [5.41, 5.74) is 4.20. The molecule has 4 rings (SSSR count). The maximum atomic E-state index is 4.25. The molecule has 26 heavy (non-hydrogen) atoms. The van der Waals surface area contributed by atoms with Crippen molar-refractivity contribution in [1.29, 1.82) is 0 Å². The van der Waals surface area contributed by atoms with Gasteiger partial charge in [-0.2, -0.15) is 0 Å². The van der Waals surface area contributed by atoms with Gasteiger partial charge in [0.15, 0.2) is 0 Å². The quantitative estimate of drug-likeness (QED) is 0.308. The van der Waals surface area contributed by atoms with Gasteiger partial charge in [-0.1, -0.05) is 56.0 Å². The molecule has 0 bridgehead atoms. The third kappa shape index (κ3) is 6.36. The topological polar surface area (TPSA) is 25.8 Å². The van der Waals surface area contributed by atoms with Gasteiger partial charge >= 0.3 is 0 Å². The van der Waals surface area contributed by atoms with Crippen LogP contribution in [0.2, 0.25) is 0 Å². The summed E-state index contributed by atoms with van der Waals surface area (Å²) in [4.78, 5) is 8.47. The Balaban J connectivity index is 0.000000241. The average molecular weight is 518 g/mol. The molecule has 0 aliphatic heterocycles. The van der Waals surface area contributed by atoms with Gasteiger partial charge in [0.05, 0.1) is 5.69 Å². The number of rotatable bonds is 2. The van der Waals surface area contributed by atoms with Crippen LogP contribution in [0.5, 0.6) is 0 Å². The molecule has 2 nitrogen and oxygen atoms in total. The van der Waals surface area contributed by atoms with Crippen LogP contribution in [0.4, 0.5) is 0 Å². The molecule has 2 aromatic heterocycles. The molecule has 0 saturated heterocycles. The minimum absolute atomic E-state index is 0. The average Bonchev–Trinajstić information content (AvgIpc) is 2.71. The van der Waals surface area contributed by atoms with Crippen LogP contribution in [0.25, 0.3) is 22.5 Å². The number of hydrogen-bond acceptors (Lipinski definition) is 2. The fourth-order valence-electron chi connectivity index (χ4n) is 2.22. The van der Waals surface area contributed by atoms with Gasteiger partial charge in [-0.3, -0.25) is 4.98 Å². The van der Waals surface area contributed by atoms with E-state index in [1.54, 1.807) is 6.20 Å². The predicted octanol–water partition coefficient (Wildman–Crippen LogP) is 5.93. The van der Waals surface area contributed by atoms with E-state index in [-0.39, 0.29) is 27.5 Å². The van der Waals surface area contributed by atoms with Gasteiger partial charge in [-0.05, 0) is 23.9 Å². The van der Waals surface area contributed by atoms with Crippen LogP contribution >= 0.6 is 0 Å². The van der Waals surface area contributed by atoms with Crippen LogP contribution in [0.3, 0.4) is 0 Å². The Morgan fingerprint density at radius 2 is 1.15 bits per heavy atom. The minimum atomic E-state index is 0. The summed E-state index contributed by atoms with van der Waals surface area (Å²) < 4.78 is 0. The number of nitrogens with zero attached hydrogens (tertiary/aromatic N) is 2. The first kappa shape index (κ1) is 21.4. The van der Waals surface area contributed by atoms with Crippen LogP contribution < -0.4 is 0 Å². The molecule has 0 N–H and O–H groups in total. The van der Waals surface area contributed by atoms with Gasteiger partial charge in [-0.15, -0.1) is 35.9 Å². The predicted molar refractivity (Wildman–Crippen MR) is 105 cm³/mol. The summed E-state index contributed by atoms with van der Waals surface area (Å²) >= 11 is 0. The molecule has 0 amide bonds. The van der Waals surface area contributed by atoms with Crippen LogP contribution in [0.15, 0.2) is 103 Å². The molecule has 1 radical (unpaired) electrons. The van der Waals surface area contributed by atoms with Gasteiger partial charge in [0, 0.05) is 38.1 Å². The largest absolute Gasteiger partial charge is 0.305 e. The molecule has 0 fully saturated rings. The molecular formula is C23H21IrN2-. The summed E-state index contributed by atoms with van der Waals surface area (Å²) in [5, 5.41) is 0. The van der Waals surface area contributed by atoms with E-state index in [1.165, 1.54) is 0 Å². The fraction of sp³-hybridized carbons (Fsp3) is 0.0435. The van der Waals surface area contributed by atoms with Crippen LogP contribution in [0.1, 0.15) is 7.43 Å². The van der Waals surface area contributed by atoms with Crippen molar-refractivity contribution < 1.29 is 20.1 Å². The van der Waals surface area contributed by atoms with Crippen molar-refractivity contribution >= 4 is 0 Å². The van der Waals surface area contributed by atoms with Crippen molar-refractivity contribution in [2.75, 3.05) is 0 Å². The fourth-order valence-corrected chi connectivity index (χ4v) is 2.22. The first-order valence-corrected chi connectivity index (χ1v) is 7.78. The molecule has 0 spiro atoms. The Kier molecular flexibility index (Phi) is 9.78. The van der Waals surface area contributed by atoms with E-state index >= 15 is 0 Å². The summed E-state index contributed by atoms with van der Waals surface area (Å²) in [6, 6.07) is 32.9. The molecule has 0 saturated carbocycles. The number of benzene rings is 2. The zero-order valence-electron chi connectivity index (χ0n) is 13.5. The maximum Gasteiger partial charge on any atom is 0.0701 e. The Bertz CT molecular complexity index is 686. The molecule has 3 heteroatoms.